The molecule has 1 aliphatic rings. The van der Waals surface area contributed by atoms with Crippen LogP contribution in [-0.2, 0) is 9.53 Å². The first kappa shape index (κ1) is 17.4. The number of nitrogens with zero attached hydrogens (tertiary/aromatic N) is 1. The Morgan fingerprint density at radius 2 is 2.17 bits per heavy atom. The van der Waals surface area contributed by atoms with Crippen LogP contribution < -0.4 is 11.1 Å². The van der Waals surface area contributed by atoms with E-state index < -0.39 is 0 Å². The topological polar surface area (TPSA) is 67.6 Å². The molecule has 1 rings (SSSR count). The van der Waals surface area contributed by atoms with E-state index in [0.29, 0.717) is 12.5 Å². The van der Waals surface area contributed by atoms with Crippen molar-refractivity contribution in [3.63, 3.8) is 0 Å². The Morgan fingerprint density at radius 3 is 2.56 bits per heavy atom. The number of carbonyl (C=O) groups excluding carboxylic acids is 1. The van der Waals surface area contributed by atoms with E-state index >= 15 is 0 Å². The Balaban J connectivity index is 0.000000360. The Kier molecular flexibility index (Phi) is 8.97. The summed E-state index contributed by atoms with van der Waals surface area (Å²) in [6, 6.07) is 0.654. The maximum atomic E-state index is 9.60. The fourth-order valence-corrected chi connectivity index (χ4v) is 1.67. The molecule has 0 aromatic rings. The zero-order valence-corrected chi connectivity index (χ0v) is 12.2. The van der Waals surface area contributed by atoms with Gasteiger partial charge in [0, 0.05) is 25.7 Å². The number of hydrogen-bond acceptors (Lipinski definition) is 5. The minimum Gasteiger partial charge on any atom is -0.462 e. The molecule has 1 fully saturated rings. The molecule has 5 heteroatoms. The lowest BCUT2D eigenvalue weighted by Gasteiger charge is -2.31. The summed E-state index contributed by atoms with van der Waals surface area (Å²) in [5.74, 6) is 0. The lowest BCUT2D eigenvalue weighted by atomic mass is 10.2. The van der Waals surface area contributed by atoms with Crippen LogP contribution in [0.5, 0.6) is 0 Å². The number of carbonyl (C=O) groups is 1. The van der Waals surface area contributed by atoms with Gasteiger partial charge in [0.05, 0.1) is 0 Å². The number of ether oxygens (including phenoxy) is 1. The molecule has 0 radical (unpaired) electrons. The lowest BCUT2D eigenvalue weighted by Crippen LogP contribution is -2.49. The summed E-state index contributed by atoms with van der Waals surface area (Å²) in [7, 11) is 0. The minimum absolute atomic E-state index is 0.318. The molecule has 1 aliphatic heterocycles. The molecule has 0 bridgehead atoms. The van der Waals surface area contributed by atoms with Gasteiger partial charge in [-0.15, -0.1) is 0 Å². The van der Waals surface area contributed by atoms with E-state index in [2.05, 4.69) is 21.9 Å². The summed E-state index contributed by atoms with van der Waals surface area (Å²) < 4.78 is 4.55. The fourth-order valence-electron chi connectivity index (χ4n) is 1.67. The molecule has 0 unspecified atom stereocenters. The van der Waals surface area contributed by atoms with Gasteiger partial charge in [-0.05, 0) is 47.2 Å². The monoisotopic (exact) mass is 259 g/mol. The van der Waals surface area contributed by atoms with Crippen molar-refractivity contribution < 1.29 is 9.53 Å². The molecular weight excluding hydrogens is 230 g/mol. The average molecular weight is 259 g/mol. The summed E-state index contributed by atoms with van der Waals surface area (Å²) in [5, 5.41) is 3.42. The second-order valence-corrected chi connectivity index (χ2v) is 5.62. The number of hydrogen-bond donors (Lipinski definition) is 2. The second-order valence-electron chi connectivity index (χ2n) is 5.62. The van der Waals surface area contributed by atoms with Gasteiger partial charge in [0.15, 0.2) is 0 Å². The van der Waals surface area contributed by atoms with Crippen molar-refractivity contribution in [2.75, 3.05) is 32.7 Å². The molecule has 1 heterocycles. The molecule has 108 valence electrons. The molecule has 0 aromatic heterocycles. The highest BCUT2D eigenvalue weighted by Gasteiger charge is 2.13. The van der Waals surface area contributed by atoms with Crippen molar-refractivity contribution in [3.05, 3.63) is 0 Å². The van der Waals surface area contributed by atoms with Crippen LogP contribution >= 0.6 is 0 Å². The predicted octanol–water partition coefficient (Wildman–Crippen LogP) is 0.587. The van der Waals surface area contributed by atoms with Crippen molar-refractivity contribution >= 4 is 6.47 Å². The van der Waals surface area contributed by atoms with Crippen LogP contribution in [0.25, 0.3) is 0 Å². The highest BCUT2D eigenvalue weighted by molar-refractivity contribution is 5.37. The zero-order chi connectivity index (χ0) is 14.0. The normalized spacial score (nSPS) is 20.8. The summed E-state index contributed by atoms with van der Waals surface area (Å²) in [6.07, 6.45) is 1.13. The van der Waals surface area contributed by atoms with Crippen LogP contribution in [0.1, 0.15) is 34.1 Å². The number of nitrogens with two attached hydrogens (primary N) is 1. The largest absolute Gasteiger partial charge is 0.462 e. The molecular formula is C13H29N3O2. The van der Waals surface area contributed by atoms with Crippen LogP contribution in [0, 0.1) is 0 Å². The summed E-state index contributed by atoms with van der Waals surface area (Å²) in [5.41, 5.74) is 5.12. The van der Waals surface area contributed by atoms with Crippen LogP contribution in [0.15, 0.2) is 0 Å². The van der Waals surface area contributed by atoms with E-state index in [1.165, 1.54) is 19.6 Å². The summed E-state index contributed by atoms with van der Waals surface area (Å²) in [4.78, 5) is 12.1. The SMILES string of the molecule is CC(C)(C)OC=O.C[C@H]1CN(CCCN)CCN1. The first-order valence-corrected chi connectivity index (χ1v) is 6.66. The van der Waals surface area contributed by atoms with Crippen molar-refractivity contribution in [1.29, 1.82) is 0 Å². The fraction of sp³-hybridized carbons (Fsp3) is 0.923. The van der Waals surface area contributed by atoms with Crippen molar-refractivity contribution in [1.82, 2.24) is 10.2 Å². The molecule has 0 aliphatic carbocycles. The Labute approximate surface area is 111 Å². The Hall–Kier alpha value is -0.650. The third kappa shape index (κ3) is 10.5. The van der Waals surface area contributed by atoms with Crippen molar-refractivity contribution in [2.24, 2.45) is 5.73 Å². The molecule has 0 saturated carbocycles. The van der Waals surface area contributed by atoms with Gasteiger partial charge in [-0.25, -0.2) is 0 Å². The molecule has 1 atom stereocenters. The van der Waals surface area contributed by atoms with E-state index in [-0.39, 0.29) is 5.60 Å². The minimum atomic E-state index is -0.318. The lowest BCUT2D eigenvalue weighted by molar-refractivity contribution is -0.138. The van der Waals surface area contributed by atoms with Gasteiger partial charge >= 0.3 is 0 Å². The maximum Gasteiger partial charge on any atom is 0.293 e. The van der Waals surface area contributed by atoms with Crippen molar-refractivity contribution in [3.8, 4) is 0 Å². The third-order valence-electron chi connectivity index (χ3n) is 2.53. The van der Waals surface area contributed by atoms with Crippen LogP contribution in [0.2, 0.25) is 0 Å². The molecule has 0 aromatic carbocycles. The molecule has 18 heavy (non-hydrogen) atoms. The molecule has 5 nitrogen and oxygen atoms in total. The van der Waals surface area contributed by atoms with Gasteiger partial charge in [0.2, 0.25) is 0 Å². The van der Waals surface area contributed by atoms with Gasteiger partial charge in [0.1, 0.15) is 5.60 Å². The quantitative estimate of drug-likeness (QED) is 0.723. The molecule has 0 amide bonds. The first-order chi connectivity index (χ1) is 8.39. The van der Waals surface area contributed by atoms with Gasteiger partial charge in [-0.1, -0.05) is 0 Å². The highest BCUT2D eigenvalue weighted by Crippen LogP contribution is 2.02. The molecule has 0 spiro atoms. The van der Waals surface area contributed by atoms with Crippen LogP contribution in [0.4, 0.5) is 0 Å². The summed E-state index contributed by atoms with van der Waals surface area (Å²) in [6.45, 7) is 13.6. The standard InChI is InChI=1S/C8H19N3.C5H10O2/c1-8-7-11(5-2-3-9)6-4-10-8;1-5(2,3)7-4-6/h8,10H,2-7,9H2,1H3;4H,1-3H3/t8-;/m0./s1. The van der Waals surface area contributed by atoms with Crippen LogP contribution in [-0.4, -0.2) is 55.7 Å². The highest BCUT2D eigenvalue weighted by atomic mass is 16.5. The van der Waals surface area contributed by atoms with Gasteiger partial charge in [0.25, 0.3) is 6.47 Å². The maximum absolute atomic E-state index is 9.60. The van der Waals surface area contributed by atoms with Crippen LogP contribution in [0.3, 0.4) is 0 Å². The molecule has 1 saturated heterocycles. The van der Waals surface area contributed by atoms with Crippen molar-refractivity contribution in [2.45, 2.75) is 45.8 Å². The predicted molar refractivity (Wildman–Crippen MR) is 74.5 cm³/mol. The smallest absolute Gasteiger partial charge is 0.293 e. The third-order valence-corrected chi connectivity index (χ3v) is 2.53. The number of nitrogens with one attached hydrogen (secondary N) is 1. The van der Waals surface area contributed by atoms with Gasteiger partial charge in [-0.2, -0.15) is 0 Å². The van der Waals surface area contributed by atoms with E-state index in [1.807, 2.05) is 20.8 Å². The zero-order valence-electron chi connectivity index (χ0n) is 12.2. The van der Waals surface area contributed by atoms with E-state index in [0.717, 1.165) is 19.5 Å². The number of piperazine rings is 1. The van der Waals surface area contributed by atoms with E-state index in [1.54, 1.807) is 0 Å². The van der Waals surface area contributed by atoms with Gasteiger partial charge in [-0.3, -0.25) is 4.79 Å². The second kappa shape index (κ2) is 9.30. The van der Waals surface area contributed by atoms with Gasteiger partial charge < -0.3 is 20.7 Å². The average Bonchev–Trinajstić information content (AvgIpc) is 2.26. The Morgan fingerprint density at radius 1 is 1.50 bits per heavy atom. The van der Waals surface area contributed by atoms with E-state index in [9.17, 15) is 4.79 Å². The van der Waals surface area contributed by atoms with E-state index in [4.69, 9.17) is 5.73 Å². The summed E-state index contributed by atoms with van der Waals surface area (Å²) >= 11 is 0. The Bertz CT molecular complexity index is 217. The first-order valence-electron chi connectivity index (χ1n) is 6.66. The number of rotatable bonds is 4. The molecule has 3 N–H and O–H groups in total.